The van der Waals surface area contributed by atoms with Gasteiger partial charge in [0.2, 0.25) is 12.3 Å². The van der Waals surface area contributed by atoms with E-state index in [1.165, 1.54) is 0 Å². The Labute approximate surface area is 265 Å². The number of carbonyl (C=O) groups is 3. The molecule has 9 nitrogen and oxygen atoms in total. The highest BCUT2D eigenvalue weighted by molar-refractivity contribution is 6.71. The maximum atomic E-state index is 14.7. The number of amides is 3. The number of hydrogen-bond acceptors (Lipinski definition) is 6. The summed E-state index contributed by atoms with van der Waals surface area (Å²) in [5.41, 5.74) is 2.01. The Balaban J connectivity index is 1.33. The number of para-hydroxylation sites is 2. The molecule has 3 aromatic carbocycles. The molecular formula is C35H41N3O6Si. The number of rotatable bonds is 9. The standard InChI is InChI=1S/C35H41N3O6Si/c1-24-33(45(2,3)43)31(20-32(41)36-18-10-15-28(36)22-39)44-35(24)29-16-7-8-17-30(29)37(34(35)42)21-25-11-9-14-27(19-25)38(23-40)26-12-5-4-6-13-26/h4-9,11-14,16-17,19,23-24,28,31,33,39,43H,10,15,18,20-22H2,1-3H3/t24-,28-,31+,33-,35+/m0/s1. The average Bonchev–Trinajstić information content (AvgIpc) is 3.69. The predicted octanol–water partition coefficient (Wildman–Crippen LogP) is 4.70. The van der Waals surface area contributed by atoms with Crippen molar-refractivity contribution < 1.29 is 29.0 Å². The lowest BCUT2D eigenvalue weighted by Gasteiger charge is -2.32. The van der Waals surface area contributed by atoms with Crippen LogP contribution in [0, 0.1) is 5.92 Å². The Bertz CT molecular complexity index is 1580. The lowest BCUT2D eigenvalue weighted by atomic mass is 9.82. The van der Waals surface area contributed by atoms with E-state index in [-0.39, 0.29) is 48.9 Å². The Kier molecular flexibility index (Phi) is 8.42. The SMILES string of the molecule is C[C@H]1[C@H]([Si](C)(C)O)[C@@H](CC(=O)N2CCC[C@H]2CO)O[C@]12C(=O)N(Cc1cccc(N(C=O)c3ccccc3)c1)c1ccccc12. The van der Waals surface area contributed by atoms with E-state index in [0.717, 1.165) is 41.8 Å². The van der Waals surface area contributed by atoms with Crippen LogP contribution in [0.25, 0.3) is 0 Å². The van der Waals surface area contributed by atoms with Crippen LogP contribution < -0.4 is 9.80 Å². The van der Waals surface area contributed by atoms with Gasteiger partial charge in [-0.1, -0.05) is 55.5 Å². The predicted molar refractivity (Wildman–Crippen MR) is 174 cm³/mol. The van der Waals surface area contributed by atoms with Gasteiger partial charge < -0.3 is 24.4 Å². The highest BCUT2D eigenvalue weighted by atomic mass is 28.4. The summed E-state index contributed by atoms with van der Waals surface area (Å²) in [5, 5.41) is 9.82. The molecule has 3 aromatic rings. The van der Waals surface area contributed by atoms with Gasteiger partial charge in [0.1, 0.15) is 0 Å². The minimum Gasteiger partial charge on any atom is -0.432 e. The van der Waals surface area contributed by atoms with Crippen molar-refractivity contribution in [3.05, 3.63) is 90.0 Å². The number of aliphatic hydroxyl groups excluding tert-OH is 1. The molecule has 1 spiro atoms. The van der Waals surface area contributed by atoms with E-state index in [4.69, 9.17) is 4.74 Å². The molecule has 5 atom stereocenters. The fourth-order valence-electron chi connectivity index (χ4n) is 7.88. The van der Waals surface area contributed by atoms with Crippen LogP contribution in [0.1, 0.15) is 37.3 Å². The average molecular weight is 628 g/mol. The molecule has 45 heavy (non-hydrogen) atoms. The zero-order valence-corrected chi connectivity index (χ0v) is 27.0. The summed E-state index contributed by atoms with van der Waals surface area (Å²) < 4.78 is 6.82. The molecule has 0 aromatic heterocycles. The number of hydrogen-bond donors (Lipinski definition) is 2. The second-order valence-corrected chi connectivity index (χ2v) is 17.0. The van der Waals surface area contributed by atoms with Gasteiger partial charge in [0.25, 0.3) is 5.91 Å². The zero-order valence-electron chi connectivity index (χ0n) is 26.0. The van der Waals surface area contributed by atoms with Gasteiger partial charge >= 0.3 is 0 Å². The molecule has 10 heteroatoms. The first-order chi connectivity index (χ1) is 21.6. The van der Waals surface area contributed by atoms with Crippen molar-refractivity contribution in [3.63, 3.8) is 0 Å². The summed E-state index contributed by atoms with van der Waals surface area (Å²) in [6, 6.07) is 24.3. The number of nitrogens with zero attached hydrogens (tertiary/aromatic N) is 3. The third-order valence-electron chi connectivity index (χ3n) is 9.84. The number of benzene rings is 3. The van der Waals surface area contributed by atoms with Crippen LogP contribution in [0.3, 0.4) is 0 Å². The molecule has 0 unspecified atom stereocenters. The maximum absolute atomic E-state index is 14.7. The van der Waals surface area contributed by atoms with Crippen molar-refractivity contribution in [2.24, 2.45) is 5.92 Å². The number of ether oxygens (including phenoxy) is 1. The molecule has 0 bridgehead atoms. The number of fused-ring (bicyclic) bond motifs is 2. The van der Waals surface area contributed by atoms with Gasteiger partial charge in [-0.15, -0.1) is 0 Å². The minimum absolute atomic E-state index is 0.0444. The Morgan fingerprint density at radius 3 is 2.49 bits per heavy atom. The lowest BCUT2D eigenvalue weighted by molar-refractivity contribution is -0.150. The maximum Gasteiger partial charge on any atom is 0.264 e. The molecular weight excluding hydrogens is 586 g/mol. The van der Waals surface area contributed by atoms with Gasteiger partial charge in [0, 0.05) is 34.9 Å². The second kappa shape index (κ2) is 12.2. The molecule has 3 aliphatic heterocycles. The quantitative estimate of drug-likeness (QED) is 0.263. The van der Waals surface area contributed by atoms with E-state index >= 15 is 0 Å². The van der Waals surface area contributed by atoms with Crippen molar-refractivity contribution >= 4 is 43.6 Å². The van der Waals surface area contributed by atoms with Gasteiger partial charge in [0.15, 0.2) is 13.9 Å². The van der Waals surface area contributed by atoms with E-state index in [1.807, 2.05) is 98.9 Å². The number of anilines is 3. The summed E-state index contributed by atoms with van der Waals surface area (Å²) in [5.74, 6) is -0.720. The molecule has 0 aliphatic carbocycles. The largest absolute Gasteiger partial charge is 0.432 e. The Morgan fingerprint density at radius 2 is 1.78 bits per heavy atom. The van der Waals surface area contributed by atoms with Crippen molar-refractivity contribution in [3.8, 4) is 0 Å². The van der Waals surface area contributed by atoms with E-state index in [0.29, 0.717) is 12.2 Å². The molecule has 3 heterocycles. The number of carbonyl (C=O) groups excluding carboxylic acids is 3. The third-order valence-corrected chi connectivity index (χ3v) is 12.3. The summed E-state index contributed by atoms with van der Waals surface area (Å²) in [6.07, 6.45) is 1.77. The van der Waals surface area contributed by atoms with E-state index in [1.54, 1.807) is 14.7 Å². The monoisotopic (exact) mass is 627 g/mol. The molecule has 6 rings (SSSR count). The highest BCUT2D eigenvalue weighted by Gasteiger charge is 2.66. The van der Waals surface area contributed by atoms with Crippen LogP contribution in [0.15, 0.2) is 78.9 Å². The smallest absolute Gasteiger partial charge is 0.264 e. The summed E-state index contributed by atoms with van der Waals surface area (Å²) >= 11 is 0. The van der Waals surface area contributed by atoms with Crippen LogP contribution in [-0.4, -0.2) is 66.6 Å². The first-order valence-electron chi connectivity index (χ1n) is 15.7. The number of likely N-dealkylation sites (tertiary alicyclic amines) is 1. The lowest BCUT2D eigenvalue weighted by Crippen LogP contribution is -2.46. The fraction of sp³-hybridized carbons (Fsp3) is 0.400. The summed E-state index contributed by atoms with van der Waals surface area (Å²) in [7, 11) is -2.93. The fourth-order valence-corrected chi connectivity index (χ4v) is 10.4. The molecule has 2 saturated heterocycles. The molecule has 236 valence electrons. The van der Waals surface area contributed by atoms with E-state index in [9.17, 15) is 24.3 Å². The van der Waals surface area contributed by atoms with Gasteiger partial charge in [-0.2, -0.15) is 0 Å². The summed E-state index contributed by atoms with van der Waals surface area (Å²) in [6.45, 7) is 6.42. The van der Waals surface area contributed by atoms with E-state index < -0.39 is 20.0 Å². The molecule has 0 radical (unpaired) electrons. The van der Waals surface area contributed by atoms with Crippen molar-refractivity contribution in [1.29, 1.82) is 0 Å². The van der Waals surface area contributed by atoms with Crippen LogP contribution in [-0.2, 0) is 31.3 Å². The molecule has 3 aliphatic rings. The van der Waals surface area contributed by atoms with Crippen molar-refractivity contribution in [2.45, 2.75) is 69.1 Å². The topological polar surface area (TPSA) is 111 Å². The van der Waals surface area contributed by atoms with Crippen LogP contribution in [0.4, 0.5) is 17.1 Å². The minimum atomic E-state index is -2.93. The molecule has 0 saturated carbocycles. The normalized spacial score (nSPS) is 26.0. The Hall–Kier alpha value is -3.83. The van der Waals surface area contributed by atoms with Crippen LogP contribution >= 0.6 is 0 Å². The highest BCUT2D eigenvalue weighted by Crippen LogP contribution is 2.59. The van der Waals surface area contributed by atoms with Crippen molar-refractivity contribution in [2.75, 3.05) is 23.0 Å². The van der Waals surface area contributed by atoms with Gasteiger partial charge in [-0.25, -0.2) is 0 Å². The van der Waals surface area contributed by atoms with Crippen LogP contribution in [0.5, 0.6) is 0 Å². The van der Waals surface area contributed by atoms with Gasteiger partial charge in [-0.3, -0.25) is 19.3 Å². The second-order valence-electron chi connectivity index (χ2n) is 13.0. The van der Waals surface area contributed by atoms with Crippen molar-refractivity contribution in [1.82, 2.24) is 4.90 Å². The van der Waals surface area contributed by atoms with Gasteiger partial charge in [-0.05, 0) is 61.8 Å². The molecule has 2 fully saturated rings. The number of aliphatic hydroxyl groups is 1. The zero-order chi connectivity index (χ0) is 31.9. The summed E-state index contributed by atoms with van der Waals surface area (Å²) in [4.78, 5) is 56.9. The van der Waals surface area contributed by atoms with E-state index in [2.05, 4.69) is 0 Å². The first-order valence-corrected chi connectivity index (χ1v) is 18.7. The first kappa shape index (κ1) is 31.2. The Morgan fingerprint density at radius 1 is 1.07 bits per heavy atom. The van der Waals surface area contributed by atoms with Crippen LogP contribution in [0.2, 0.25) is 18.6 Å². The third kappa shape index (κ3) is 5.39. The molecule has 2 N–H and O–H groups in total. The van der Waals surface area contributed by atoms with Gasteiger partial charge in [0.05, 0.1) is 37.4 Å². The molecule has 3 amide bonds.